The Labute approximate surface area is 172 Å². The van der Waals surface area contributed by atoms with E-state index in [1.807, 2.05) is 29.9 Å². The third kappa shape index (κ3) is 4.26. The van der Waals surface area contributed by atoms with Crippen molar-refractivity contribution in [3.05, 3.63) is 69.6 Å². The molecule has 7 heteroatoms. The van der Waals surface area contributed by atoms with Crippen molar-refractivity contribution in [2.45, 2.75) is 19.9 Å². The van der Waals surface area contributed by atoms with E-state index in [1.165, 1.54) is 4.88 Å². The average Bonchev–Trinajstić information content (AvgIpc) is 3.45. The van der Waals surface area contributed by atoms with Gasteiger partial charge in [0.05, 0.1) is 18.7 Å². The summed E-state index contributed by atoms with van der Waals surface area (Å²) in [6, 6.07) is 12.4. The number of ether oxygens (including phenoxy) is 1. The summed E-state index contributed by atoms with van der Waals surface area (Å²) in [6.45, 7) is 3.60. The van der Waals surface area contributed by atoms with Crippen molar-refractivity contribution in [1.29, 1.82) is 0 Å². The van der Waals surface area contributed by atoms with Gasteiger partial charge in [-0.15, -0.1) is 22.7 Å². The predicted octanol–water partition coefficient (Wildman–Crippen LogP) is 5.09. The van der Waals surface area contributed by atoms with Crippen LogP contribution in [0.4, 0.5) is 5.00 Å². The lowest BCUT2D eigenvalue weighted by Crippen LogP contribution is -2.04. The summed E-state index contributed by atoms with van der Waals surface area (Å²) >= 11 is 3.50. The van der Waals surface area contributed by atoms with Crippen LogP contribution in [-0.4, -0.2) is 28.4 Å². The van der Waals surface area contributed by atoms with Crippen LogP contribution in [0.1, 0.15) is 15.4 Å². The fourth-order valence-corrected chi connectivity index (χ4v) is 4.69. The summed E-state index contributed by atoms with van der Waals surface area (Å²) in [7, 11) is 1.70. The minimum atomic E-state index is 0.661. The fraction of sp³-hybridized carbons (Fsp3) is 0.238. The second kappa shape index (κ2) is 8.58. The summed E-state index contributed by atoms with van der Waals surface area (Å²) in [5, 5.41) is 12.2. The zero-order valence-electron chi connectivity index (χ0n) is 15.9. The number of thiazole rings is 1. The molecule has 3 aromatic heterocycles. The summed E-state index contributed by atoms with van der Waals surface area (Å²) in [5.74, 6) is 0.860. The molecule has 0 atom stereocenters. The molecule has 0 saturated heterocycles. The van der Waals surface area contributed by atoms with E-state index in [0.29, 0.717) is 6.54 Å². The topological polar surface area (TPSA) is 52.0 Å². The average molecular weight is 411 g/mol. The summed E-state index contributed by atoms with van der Waals surface area (Å²) in [4.78, 5) is 6.18. The maximum atomic E-state index is 5.55. The van der Waals surface area contributed by atoms with Crippen LogP contribution in [0.5, 0.6) is 5.75 Å². The zero-order valence-corrected chi connectivity index (χ0v) is 17.5. The molecule has 0 saturated carbocycles. The number of benzene rings is 1. The lowest BCUT2D eigenvalue weighted by atomic mass is 10.1. The fourth-order valence-electron chi connectivity index (χ4n) is 3.11. The molecule has 4 aromatic rings. The van der Waals surface area contributed by atoms with Crippen molar-refractivity contribution < 1.29 is 4.74 Å². The third-order valence-corrected chi connectivity index (χ3v) is 6.28. The van der Waals surface area contributed by atoms with Gasteiger partial charge in [0.1, 0.15) is 16.4 Å². The van der Waals surface area contributed by atoms with Gasteiger partial charge in [0, 0.05) is 34.9 Å². The van der Waals surface area contributed by atoms with Crippen molar-refractivity contribution in [2.24, 2.45) is 0 Å². The molecule has 0 bridgehead atoms. The Morgan fingerprint density at radius 1 is 1.21 bits per heavy atom. The van der Waals surface area contributed by atoms with Gasteiger partial charge in [-0.05, 0) is 49.1 Å². The Morgan fingerprint density at radius 3 is 2.89 bits per heavy atom. The molecule has 3 heterocycles. The number of hydrogen-bond donors (Lipinski definition) is 1. The van der Waals surface area contributed by atoms with Gasteiger partial charge in [-0.1, -0.05) is 6.07 Å². The first-order valence-electron chi connectivity index (χ1n) is 9.11. The number of nitrogens with zero attached hydrogens (tertiary/aromatic N) is 3. The summed E-state index contributed by atoms with van der Waals surface area (Å²) < 4.78 is 7.45. The number of thiophene rings is 1. The lowest BCUT2D eigenvalue weighted by Gasteiger charge is -2.12. The Morgan fingerprint density at radius 2 is 2.14 bits per heavy atom. The Balaban J connectivity index is 1.57. The van der Waals surface area contributed by atoms with Crippen molar-refractivity contribution in [3.63, 3.8) is 0 Å². The maximum absolute atomic E-state index is 5.55. The van der Waals surface area contributed by atoms with Crippen LogP contribution in [0.25, 0.3) is 11.3 Å². The highest BCUT2D eigenvalue weighted by atomic mass is 32.1. The minimum absolute atomic E-state index is 0.661. The van der Waals surface area contributed by atoms with Gasteiger partial charge >= 0.3 is 0 Å². The van der Waals surface area contributed by atoms with Crippen LogP contribution in [0.3, 0.4) is 0 Å². The standard InChI is InChI=1S/C21H22N4OS2/c1-15-24-20(21(28-15)22-10-8-18-5-3-12-27-18)16-6-7-19(26-2)17(13-16)14-25-11-4-9-23-25/h3-7,9,11-13,22H,8,10,14H2,1-2H3. The summed E-state index contributed by atoms with van der Waals surface area (Å²) in [5.41, 5.74) is 3.17. The number of aryl methyl sites for hydroxylation is 1. The quantitative estimate of drug-likeness (QED) is 0.440. The highest BCUT2D eigenvalue weighted by molar-refractivity contribution is 7.16. The van der Waals surface area contributed by atoms with Crippen LogP contribution in [0.15, 0.2) is 54.2 Å². The molecule has 0 aliphatic heterocycles. The number of rotatable bonds is 8. The molecule has 0 aliphatic carbocycles. The number of hydrogen-bond acceptors (Lipinski definition) is 6. The van der Waals surface area contributed by atoms with E-state index < -0.39 is 0 Å². The van der Waals surface area contributed by atoms with Gasteiger partial charge in [0.15, 0.2) is 0 Å². The predicted molar refractivity (Wildman–Crippen MR) is 117 cm³/mol. The molecule has 0 unspecified atom stereocenters. The molecule has 0 radical (unpaired) electrons. The van der Waals surface area contributed by atoms with E-state index in [9.17, 15) is 0 Å². The number of aromatic nitrogens is 3. The van der Waals surface area contributed by atoms with Crippen molar-refractivity contribution in [2.75, 3.05) is 19.0 Å². The molecule has 28 heavy (non-hydrogen) atoms. The molecule has 5 nitrogen and oxygen atoms in total. The second-order valence-corrected chi connectivity index (χ2v) is 8.63. The first-order valence-corrected chi connectivity index (χ1v) is 10.8. The zero-order chi connectivity index (χ0) is 19.3. The van der Waals surface area contributed by atoms with Gasteiger partial charge < -0.3 is 10.1 Å². The van der Waals surface area contributed by atoms with Gasteiger partial charge in [-0.2, -0.15) is 5.10 Å². The number of anilines is 1. The number of nitrogens with one attached hydrogen (secondary N) is 1. The van der Waals surface area contributed by atoms with Gasteiger partial charge in [0.25, 0.3) is 0 Å². The van der Waals surface area contributed by atoms with Gasteiger partial charge in [0.2, 0.25) is 0 Å². The van der Waals surface area contributed by atoms with Crippen molar-refractivity contribution in [1.82, 2.24) is 14.8 Å². The van der Waals surface area contributed by atoms with Crippen LogP contribution in [0, 0.1) is 6.92 Å². The SMILES string of the molecule is COc1ccc(-c2nc(C)sc2NCCc2cccs2)cc1Cn1cccn1. The van der Waals surface area contributed by atoms with E-state index in [2.05, 4.69) is 40.1 Å². The Kier molecular flexibility index (Phi) is 5.73. The molecular weight excluding hydrogens is 388 g/mol. The Bertz CT molecular complexity index is 1020. The van der Waals surface area contributed by atoms with E-state index in [-0.39, 0.29) is 0 Å². The first kappa shape index (κ1) is 18.7. The van der Waals surface area contributed by atoms with E-state index in [0.717, 1.165) is 45.5 Å². The number of methoxy groups -OCH3 is 1. The molecule has 0 amide bonds. The van der Waals surface area contributed by atoms with E-state index in [1.54, 1.807) is 36.0 Å². The van der Waals surface area contributed by atoms with Crippen LogP contribution in [-0.2, 0) is 13.0 Å². The summed E-state index contributed by atoms with van der Waals surface area (Å²) in [6.07, 6.45) is 4.76. The largest absolute Gasteiger partial charge is 0.496 e. The molecule has 0 spiro atoms. The van der Waals surface area contributed by atoms with Crippen molar-refractivity contribution in [3.8, 4) is 17.0 Å². The Hall–Kier alpha value is -2.64. The van der Waals surface area contributed by atoms with Gasteiger partial charge in [-0.25, -0.2) is 4.98 Å². The molecule has 0 fully saturated rings. The minimum Gasteiger partial charge on any atom is -0.496 e. The van der Waals surface area contributed by atoms with Crippen molar-refractivity contribution >= 4 is 27.7 Å². The van der Waals surface area contributed by atoms with Gasteiger partial charge in [-0.3, -0.25) is 4.68 Å². The monoisotopic (exact) mass is 410 g/mol. The van der Waals surface area contributed by atoms with Crippen LogP contribution < -0.4 is 10.1 Å². The lowest BCUT2D eigenvalue weighted by molar-refractivity contribution is 0.407. The van der Waals surface area contributed by atoms with Crippen LogP contribution in [0.2, 0.25) is 0 Å². The van der Waals surface area contributed by atoms with Crippen LogP contribution >= 0.6 is 22.7 Å². The highest BCUT2D eigenvalue weighted by Gasteiger charge is 2.14. The smallest absolute Gasteiger partial charge is 0.123 e. The molecule has 0 aliphatic rings. The molecule has 1 aromatic carbocycles. The van der Waals surface area contributed by atoms with E-state index >= 15 is 0 Å². The second-order valence-electron chi connectivity index (χ2n) is 6.40. The molecule has 4 rings (SSSR count). The maximum Gasteiger partial charge on any atom is 0.123 e. The normalized spacial score (nSPS) is 10.9. The third-order valence-electron chi connectivity index (χ3n) is 4.42. The highest BCUT2D eigenvalue weighted by Crippen LogP contribution is 2.35. The van der Waals surface area contributed by atoms with E-state index in [4.69, 9.17) is 9.72 Å². The first-order chi connectivity index (χ1) is 13.7. The molecule has 1 N–H and O–H groups in total. The molecule has 144 valence electrons. The molecular formula is C21H22N4OS2.